The molecule has 0 aliphatic rings. The molecule has 3 nitrogen and oxygen atoms in total. The number of rotatable bonds is 5. The molecule has 1 atom stereocenters. The molecule has 0 saturated carbocycles. The quantitative estimate of drug-likeness (QED) is 0.921. The molecule has 21 heavy (non-hydrogen) atoms. The summed E-state index contributed by atoms with van der Waals surface area (Å²) >= 11 is 0. The Morgan fingerprint density at radius 3 is 2.33 bits per heavy atom. The Balaban J connectivity index is 2.10. The van der Waals surface area contributed by atoms with Crippen LogP contribution in [0.25, 0.3) is 0 Å². The molecule has 0 amide bonds. The molecule has 0 unspecified atom stereocenters. The second-order valence-electron chi connectivity index (χ2n) is 5.08. The van der Waals surface area contributed by atoms with E-state index in [1.807, 2.05) is 25.1 Å². The van der Waals surface area contributed by atoms with Gasteiger partial charge in [-0.05, 0) is 42.7 Å². The highest BCUT2D eigenvalue weighted by atomic mass is 32.2. The lowest BCUT2D eigenvalue weighted by Crippen LogP contribution is -2.28. The van der Waals surface area contributed by atoms with E-state index in [2.05, 4.69) is 4.72 Å². The Hall–Kier alpha value is -1.72. The van der Waals surface area contributed by atoms with Crippen molar-refractivity contribution in [1.82, 2.24) is 4.72 Å². The topological polar surface area (TPSA) is 46.2 Å². The number of halogens is 1. The van der Waals surface area contributed by atoms with Gasteiger partial charge in [0.1, 0.15) is 5.82 Å². The van der Waals surface area contributed by atoms with E-state index < -0.39 is 16.1 Å². The van der Waals surface area contributed by atoms with Gasteiger partial charge in [-0.2, -0.15) is 0 Å². The maximum Gasteiger partial charge on any atom is 0.216 e. The van der Waals surface area contributed by atoms with Crippen molar-refractivity contribution < 1.29 is 12.8 Å². The van der Waals surface area contributed by atoms with Gasteiger partial charge in [0, 0.05) is 6.04 Å². The maximum atomic E-state index is 12.9. The molecular weight excluding hydrogens is 289 g/mol. The summed E-state index contributed by atoms with van der Waals surface area (Å²) in [6.07, 6.45) is 0. The van der Waals surface area contributed by atoms with E-state index in [0.29, 0.717) is 0 Å². The van der Waals surface area contributed by atoms with Gasteiger partial charge in [0.05, 0.1) is 5.75 Å². The van der Waals surface area contributed by atoms with Gasteiger partial charge in [0.25, 0.3) is 0 Å². The summed E-state index contributed by atoms with van der Waals surface area (Å²) in [6.45, 7) is 3.62. The van der Waals surface area contributed by atoms with Crippen LogP contribution in [-0.4, -0.2) is 8.42 Å². The molecule has 0 aliphatic heterocycles. The fourth-order valence-electron chi connectivity index (χ4n) is 2.11. The van der Waals surface area contributed by atoms with E-state index in [0.717, 1.165) is 16.7 Å². The summed E-state index contributed by atoms with van der Waals surface area (Å²) in [6, 6.07) is 12.8. The third kappa shape index (κ3) is 4.37. The van der Waals surface area contributed by atoms with E-state index in [1.54, 1.807) is 25.1 Å². The highest BCUT2D eigenvalue weighted by Crippen LogP contribution is 2.16. The summed E-state index contributed by atoms with van der Waals surface area (Å²) in [5, 5.41) is 0. The van der Waals surface area contributed by atoms with E-state index in [-0.39, 0.29) is 11.6 Å². The number of benzene rings is 2. The molecule has 0 aromatic heterocycles. The van der Waals surface area contributed by atoms with Crippen molar-refractivity contribution in [3.63, 3.8) is 0 Å². The Kier molecular flexibility index (Phi) is 4.75. The number of nitrogens with one attached hydrogen (secondary N) is 1. The van der Waals surface area contributed by atoms with Crippen molar-refractivity contribution in [2.24, 2.45) is 0 Å². The summed E-state index contributed by atoms with van der Waals surface area (Å²) in [7, 11) is -3.46. The molecule has 2 aromatic carbocycles. The lowest BCUT2D eigenvalue weighted by atomic mass is 10.1. The van der Waals surface area contributed by atoms with E-state index in [9.17, 15) is 12.8 Å². The molecule has 0 aliphatic carbocycles. The Morgan fingerprint density at radius 2 is 1.71 bits per heavy atom. The van der Waals surface area contributed by atoms with Gasteiger partial charge in [-0.15, -0.1) is 0 Å². The number of hydrogen-bond donors (Lipinski definition) is 1. The molecule has 0 radical (unpaired) electrons. The first-order chi connectivity index (χ1) is 9.87. The van der Waals surface area contributed by atoms with E-state index in [1.165, 1.54) is 12.1 Å². The van der Waals surface area contributed by atoms with Crippen LogP contribution in [0, 0.1) is 12.7 Å². The van der Waals surface area contributed by atoms with Crippen molar-refractivity contribution in [2.45, 2.75) is 25.6 Å². The molecular formula is C16H18FNO2S. The molecule has 5 heteroatoms. The molecule has 0 bridgehead atoms. The highest BCUT2D eigenvalue weighted by Gasteiger charge is 2.17. The number of hydrogen-bond acceptors (Lipinski definition) is 2. The lowest BCUT2D eigenvalue weighted by Gasteiger charge is -2.15. The van der Waals surface area contributed by atoms with Crippen LogP contribution >= 0.6 is 0 Å². The monoisotopic (exact) mass is 307 g/mol. The first-order valence-electron chi connectivity index (χ1n) is 6.67. The third-order valence-electron chi connectivity index (χ3n) is 3.33. The van der Waals surface area contributed by atoms with Crippen LogP contribution in [0.4, 0.5) is 4.39 Å². The highest BCUT2D eigenvalue weighted by molar-refractivity contribution is 7.88. The molecule has 1 N–H and O–H groups in total. The van der Waals surface area contributed by atoms with Crippen LogP contribution in [0.1, 0.15) is 29.7 Å². The minimum atomic E-state index is -3.46. The molecule has 0 saturated heterocycles. The van der Waals surface area contributed by atoms with Crippen molar-refractivity contribution in [1.29, 1.82) is 0 Å². The van der Waals surface area contributed by atoms with Gasteiger partial charge in [-0.25, -0.2) is 17.5 Å². The van der Waals surface area contributed by atoms with Crippen molar-refractivity contribution in [3.05, 3.63) is 71.0 Å². The summed E-state index contributed by atoms with van der Waals surface area (Å²) < 4.78 is 39.9. The smallest absolute Gasteiger partial charge is 0.212 e. The van der Waals surface area contributed by atoms with E-state index >= 15 is 0 Å². The second-order valence-corrected chi connectivity index (χ2v) is 6.83. The van der Waals surface area contributed by atoms with Crippen LogP contribution in [0.3, 0.4) is 0 Å². The number of sulfonamides is 1. The SMILES string of the molecule is Cc1ccccc1CS(=O)(=O)N[C@@H](C)c1ccc(F)cc1. The summed E-state index contributed by atoms with van der Waals surface area (Å²) in [5.41, 5.74) is 2.44. The van der Waals surface area contributed by atoms with Gasteiger partial charge in [0.15, 0.2) is 0 Å². The predicted octanol–water partition coefficient (Wildman–Crippen LogP) is 3.31. The molecule has 112 valence electrons. The normalized spacial score (nSPS) is 13.1. The minimum Gasteiger partial charge on any atom is -0.212 e. The van der Waals surface area contributed by atoms with Crippen LogP contribution < -0.4 is 4.72 Å². The van der Waals surface area contributed by atoms with Crippen LogP contribution in [0.15, 0.2) is 48.5 Å². The fraction of sp³-hybridized carbons (Fsp3) is 0.250. The van der Waals surface area contributed by atoms with Crippen molar-refractivity contribution in [3.8, 4) is 0 Å². The fourth-order valence-corrected chi connectivity index (χ4v) is 3.60. The van der Waals surface area contributed by atoms with Crippen molar-refractivity contribution >= 4 is 10.0 Å². The minimum absolute atomic E-state index is 0.0643. The largest absolute Gasteiger partial charge is 0.216 e. The van der Waals surface area contributed by atoms with Gasteiger partial charge >= 0.3 is 0 Å². The Morgan fingerprint density at radius 1 is 1.10 bits per heavy atom. The first-order valence-corrected chi connectivity index (χ1v) is 8.32. The molecule has 2 aromatic rings. The second kappa shape index (κ2) is 6.37. The summed E-state index contributed by atoms with van der Waals surface area (Å²) in [4.78, 5) is 0. The van der Waals surface area contributed by atoms with Gasteiger partial charge in [-0.1, -0.05) is 36.4 Å². The first kappa shape index (κ1) is 15.7. The zero-order valence-electron chi connectivity index (χ0n) is 12.0. The van der Waals surface area contributed by atoms with Crippen molar-refractivity contribution in [2.75, 3.05) is 0 Å². The lowest BCUT2D eigenvalue weighted by molar-refractivity contribution is 0.565. The van der Waals surface area contributed by atoms with Crippen LogP contribution in [-0.2, 0) is 15.8 Å². The molecule has 0 fully saturated rings. The van der Waals surface area contributed by atoms with Crippen LogP contribution in [0.5, 0.6) is 0 Å². The van der Waals surface area contributed by atoms with Gasteiger partial charge in [-0.3, -0.25) is 0 Å². The molecule has 2 rings (SSSR count). The zero-order valence-corrected chi connectivity index (χ0v) is 12.8. The molecule has 0 heterocycles. The van der Waals surface area contributed by atoms with Gasteiger partial charge < -0.3 is 0 Å². The zero-order chi connectivity index (χ0) is 15.5. The standard InChI is InChI=1S/C16H18FNO2S/c1-12-5-3-4-6-15(12)11-21(19,20)18-13(2)14-7-9-16(17)10-8-14/h3-10,13,18H,11H2,1-2H3/t13-/m0/s1. The Bertz CT molecular complexity index is 711. The predicted molar refractivity (Wildman–Crippen MR) is 81.8 cm³/mol. The number of aryl methyl sites for hydroxylation is 1. The molecule has 0 spiro atoms. The van der Waals surface area contributed by atoms with Crippen LogP contribution in [0.2, 0.25) is 0 Å². The van der Waals surface area contributed by atoms with Gasteiger partial charge in [0.2, 0.25) is 10.0 Å². The maximum absolute atomic E-state index is 12.9. The third-order valence-corrected chi connectivity index (χ3v) is 4.74. The Labute approximate surface area is 124 Å². The average Bonchev–Trinajstić information content (AvgIpc) is 2.41. The summed E-state index contributed by atoms with van der Waals surface area (Å²) in [5.74, 6) is -0.403. The van der Waals surface area contributed by atoms with E-state index in [4.69, 9.17) is 0 Å². The average molecular weight is 307 g/mol.